The number of sulfonamides is 1. The number of amides is 5. The van der Waals surface area contributed by atoms with Crippen molar-refractivity contribution in [2.75, 3.05) is 19.4 Å². The molecular weight excluding hydrogens is 719 g/mol. The van der Waals surface area contributed by atoms with Crippen molar-refractivity contribution in [2.24, 2.45) is 11.3 Å². The molecule has 0 radical (unpaired) electrons. The zero-order chi connectivity index (χ0) is 40.9. The van der Waals surface area contributed by atoms with E-state index in [1.165, 1.54) is 32.0 Å². The average molecular weight is 768 g/mol. The van der Waals surface area contributed by atoms with Crippen LogP contribution in [0, 0.1) is 11.3 Å². The summed E-state index contributed by atoms with van der Waals surface area (Å²) in [4.78, 5) is 66.4. The molecule has 17 heteroatoms. The number of carboxylic acid groups (broad SMARTS) is 1. The molecule has 0 aliphatic heterocycles. The summed E-state index contributed by atoms with van der Waals surface area (Å²) in [5.74, 6) is -4.90. The Kier molecular flexibility index (Phi) is 14.0. The number of rotatable bonds is 13. The molecular formula is C36H48F3N5O8S. The minimum Gasteiger partial charge on any atom is -0.465 e. The summed E-state index contributed by atoms with van der Waals surface area (Å²) in [6.45, 7) is 13.5. The first-order chi connectivity index (χ1) is 24.1. The second-order valence-corrected chi connectivity index (χ2v) is 16.3. The van der Waals surface area contributed by atoms with Crippen LogP contribution in [-0.2, 0) is 34.6 Å². The van der Waals surface area contributed by atoms with E-state index in [4.69, 9.17) is 0 Å². The number of halogens is 3. The van der Waals surface area contributed by atoms with Gasteiger partial charge in [0.1, 0.15) is 12.1 Å². The van der Waals surface area contributed by atoms with E-state index in [0.29, 0.717) is 5.56 Å². The molecule has 292 valence electrons. The van der Waals surface area contributed by atoms with E-state index in [9.17, 15) is 50.7 Å². The van der Waals surface area contributed by atoms with Crippen molar-refractivity contribution in [1.82, 2.24) is 19.8 Å². The number of hydrogen-bond acceptors (Lipinski definition) is 7. The van der Waals surface area contributed by atoms with Gasteiger partial charge in [-0.05, 0) is 48.1 Å². The van der Waals surface area contributed by atoms with E-state index in [-0.39, 0.29) is 17.2 Å². The molecule has 4 N–H and O–H groups in total. The Labute approximate surface area is 308 Å². The molecule has 0 bridgehead atoms. The van der Waals surface area contributed by atoms with Crippen molar-refractivity contribution >= 4 is 45.4 Å². The molecule has 0 heterocycles. The summed E-state index contributed by atoms with van der Waals surface area (Å²) in [7, 11) is -1.78. The lowest BCUT2D eigenvalue weighted by molar-refractivity contribution is -0.167. The number of benzene rings is 2. The van der Waals surface area contributed by atoms with Gasteiger partial charge >= 0.3 is 18.2 Å². The minimum absolute atomic E-state index is 0.0925. The van der Waals surface area contributed by atoms with E-state index >= 15 is 0 Å². The van der Waals surface area contributed by atoms with E-state index in [1.54, 1.807) is 84.1 Å². The smallest absolute Gasteiger partial charge is 0.465 e. The molecule has 3 atom stereocenters. The van der Waals surface area contributed by atoms with Gasteiger partial charge in [0.05, 0.1) is 10.9 Å². The molecule has 0 aliphatic rings. The van der Waals surface area contributed by atoms with Crippen molar-refractivity contribution in [3.63, 3.8) is 0 Å². The molecule has 0 aromatic heterocycles. The van der Waals surface area contributed by atoms with Crippen LogP contribution >= 0.6 is 0 Å². The number of hydrogen-bond donors (Lipinski definition) is 4. The standard InChI is InChI=1S/C36H48F3N5O8S/c1-21(2)26(20-22(3)29(45)42-53(51,52)25-18-16-24(17-19-25)40-32(48)36(37,38)39)43(9)31(47)27(34(4,5)6)41-30(46)28(44(10)33(49)50)35(7,8)23-14-12-11-13-15-23/h11-21,26-28H,1-10H3,(H,40,48)(H,41,46)(H,42,45)(H,49,50)/t26-,27-,28-/m1/s1. The highest BCUT2D eigenvalue weighted by Crippen LogP contribution is 2.32. The highest BCUT2D eigenvalue weighted by molar-refractivity contribution is 7.90. The van der Waals surface area contributed by atoms with Gasteiger partial charge in [0, 0.05) is 30.8 Å². The SMILES string of the molecule is CC(=C[C@H](C(C)C)N(C)C(=O)[C@@H](NC(=O)[C@@H](N(C)C(=O)O)C(C)(C)c1ccccc1)C(C)(C)C)C(=O)NS(=O)(=O)c1ccc(NC(=O)C(F)(F)F)cc1. The van der Waals surface area contributed by atoms with Crippen molar-refractivity contribution in [3.8, 4) is 0 Å². The van der Waals surface area contributed by atoms with E-state index in [1.807, 2.05) is 4.72 Å². The van der Waals surface area contributed by atoms with Crippen molar-refractivity contribution in [3.05, 3.63) is 71.8 Å². The zero-order valence-corrected chi connectivity index (χ0v) is 32.1. The monoisotopic (exact) mass is 767 g/mol. The summed E-state index contributed by atoms with van der Waals surface area (Å²) in [5, 5.41) is 14.3. The number of anilines is 1. The molecule has 0 saturated carbocycles. The average Bonchev–Trinajstić information content (AvgIpc) is 3.04. The molecule has 0 spiro atoms. The van der Waals surface area contributed by atoms with Crippen molar-refractivity contribution in [2.45, 2.75) is 90.0 Å². The Bertz CT molecular complexity index is 1810. The summed E-state index contributed by atoms with van der Waals surface area (Å²) in [6.07, 6.45) is -5.11. The molecule has 0 aliphatic carbocycles. The van der Waals surface area contributed by atoms with Gasteiger partial charge in [0.15, 0.2) is 0 Å². The minimum atomic E-state index is -5.15. The lowest BCUT2D eigenvalue weighted by atomic mass is 9.76. The number of alkyl halides is 3. The van der Waals surface area contributed by atoms with Crippen molar-refractivity contribution in [1.29, 1.82) is 0 Å². The molecule has 2 aromatic rings. The lowest BCUT2D eigenvalue weighted by Crippen LogP contribution is -2.62. The predicted octanol–water partition coefficient (Wildman–Crippen LogP) is 4.91. The third-order valence-electron chi connectivity index (χ3n) is 8.70. The molecule has 0 fully saturated rings. The van der Waals surface area contributed by atoms with Gasteiger partial charge in [0.2, 0.25) is 11.8 Å². The highest BCUT2D eigenvalue weighted by Gasteiger charge is 2.45. The first-order valence-electron chi connectivity index (χ1n) is 16.4. The van der Waals surface area contributed by atoms with E-state index < -0.39 is 79.8 Å². The number of nitrogens with zero attached hydrogens (tertiary/aromatic N) is 2. The zero-order valence-electron chi connectivity index (χ0n) is 31.3. The van der Waals surface area contributed by atoms with Gasteiger partial charge in [-0.3, -0.25) is 24.1 Å². The normalized spacial score (nSPS) is 14.4. The van der Waals surface area contributed by atoms with Crippen molar-refractivity contribution < 1.29 is 50.7 Å². The van der Waals surface area contributed by atoms with Gasteiger partial charge in [-0.2, -0.15) is 13.2 Å². The Morgan fingerprint density at radius 1 is 0.849 bits per heavy atom. The summed E-state index contributed by atoms with van der Waals surface area (Å²) in [5.41, 5.74) is -1.65. The maximum Gasteiger partial charge on any atom is 0.471 e. The molecule has 53 heavy (non-hydrogen) atoms. The molecule has 13 nitrogen and oxygen atoms in total. The Hall–Kier alpha value is -4.93. The molecule has 0 unspecified atom stereocenters. The third kappa shape index (κ3) is 11.3. The topological polar surface area (TPSA) is 182 Å². The Morgan fingerprint density at radius 2 is 1.38 bits per heavy atom. The van der Waals surface area contributed by atoms with Gasteiger partial charge < -0.3 is 20.6 Å². The number of carbonyl (C=O) groups is 5. The first kappa shape index (κ1) is 44.2. The fraction of sp³-hybridized carbons (Fsp3) is 0.472. The number of likely N-dealkylation sites (N-methyl/N-ethyl adjacent to an activating group) is 2. The second kappa shape index (κ2) is 16.8. The van der Waals surface area contributed by atoms with Gasteiger partial charge in [0.25, 0.3) is 15.9 Å². The number of nitrogens with one attached hydrogen (secondary N) is 3. The van der Waals surface area contributed by atoms with E-state index in [0.717, 1.165) is 29.2 Å². The van der Waals surface area contributed by atoms with Crippen LogP contribution < -0.4 is 15.4 Å². The van der Waals surface area contributed by atoms with Gasteiger partial charge in [-0.25, -0.2) is 17.9 Å². The van der Waals surface area contributed by atoms with Gasteiger partial charge in [-0.15, -0.1) is 0 Å². The van der Waals surface area contributed by atoms with E-state index in [2.05, 4.69) is 5.32 Å². The molecule has 2 aromatic carbocycles. The summed E-state index contributed by atoms with van der Waals surface area (Å²) >= 11 is 0. The quantitative estimate of drug-likeness (QED) is 0.208. The third-order valence-corrected chi connectivity index (χ3v) is 10.0. The Morgan fingerprint density at radius 3 is 1.83 bits per heavy atom. The summed E-state index contributed by atoms with van der Waals surface area (Å²) < 4.78 is 65.4. The maximum absolute atomic E-state index is 14.2. The summed E-state index contributed by atoms with van der Waals surface area (Å²) in [6, 6.07) is 9.32. The fourth-order valence-electron chi connectivity index (χ4n) is 5.61. The van der Waals surface area contributed by atoms with Crippen LogP contribution in [0.1, 0.15) is 61.0 Å². The highest BCUT2D eigenvalue weighted by atomic mass is 32.2. The second-order valence-electron chi connectivity index (χ2n) is 14.6. The predicted molar refractivity (Wildman–Crippen MR) is 192 cm³/mol. The molecule has 2 rings (SSSR count). The van der Waals surface area contributed by atoms with Crippen LogP contribution in [0.3, 0.4) is 0 Å². The first-order valence-corrected chi connectivity index (χ1v) is 17.9. The van der Waals surface area contributed by atoms with Crippen LogP contribution in [-0.4, -0.2) is 91.4 Å². The maximum atomic E-state index is 14.2. The van der Waals surface area contributed by atoms with Crippen LogP contribution in [0.4, 0.5) is 23.7 Å². The fourth-order valence-corrected chi connectivity index (χ4v) is 6.63. The van der Waals surface area contributed by atoms with Crippen LogP contribution in [0.15, 0.2) is 71.1 Å². The molecule has 0 saturated heterocycles. The molecule has 5 amide bonds. The number of carbonyl (C=O) groups excluding carboxylic acids is 4. The largest absolute Gasteiger partial charge is 0.471 e. The van der Waals surface area contributed by atoms with Crippen LogP contribution in [0.25, 0.3) is 0 Å². The Balaban J connectivity index is 2.37. The van der Waals surface area contributed by atoms with Gasteiger partial charge in [-0.1, -0.05) is 84.9 Å². The lowest BCUT2D eigenvalue weighted by Gasteiger charge is -2.41. The van der Waals surface area contributed by atoms with Crippen LogP contribution in [0.2, 0.25) is 0 Å². The van der Waals surface area contributed by atoms with Crippen LogP contribution in [0.5, 0.6) is 0 Å².